The van der Waals surface area contributed by atoms with Crippen LogP contribution in [0.25, 0.3) is 10.9 Å². The lowest BCUT2D eigenvalue weighted by Crippen LogP contribution is -2.05. The molecule has 2 aromatic heterocycles. The summed E-state index contributed by atoms with van der Waals surface area (Å²) in [7, 11) is 1.65. The molecule has 3 N–H and O–H groups in total. The maximum atomic E-state index is 11.1. The van der Waals surface area contributed by atoms with Crippen LogP contribution in [0.1, 0.15) is 23.2 Å². The fraction of sp³-hybridized carbons (Fsp3) is 0.300. The third-order valence-corrected chi connectivity index (χ3v) is 2.44. The minimum atomic E-state index is -1.02. The summed E-state index contributed by atoms with van der Waals surface area (Å²) in [6.45, 7) is 1.89. The molecule has 6 heteroatoms. The predicted octanol–water partition coefficient (Wildman–Crippen LogP) is 0.811. The molecule has 0 spiro atoms. The fourth-order valence-corrected chi connectivity index (χ4v) is 1.68. The molecule has 0 fully saturated rings. The maximum absolute atomic E-state index is 11.1. The Kier molecular flexibility index (Phi) is 2.26. The molecule has 0 aliphatic heterocycles. The lowest BCUT2D eigenvalue weighted by molar-refractivity contribution is 0.0688. The molecule has 0 unspecified atom stereocenters. The largest absolute Gasteiger partial charge is 0.477 e. The lowest BCUT2D eigenvalue weighted by atomic mass is 10.3. The second-order valence-electron chi connectivity index (χ2n) is 3.53. The van der Waals surface area contributed by atoms with Crippen molar-refractivity contribution >= 4 is 22.7 Å². The van der Waals surface area contributed by atoms with Gasteiger partial charge in [0.1, 0.15) is 17.2 Å². The SMILES string of the molecule is CCc1nc(N)c2cn(C)c(C(=O)O)c2n1. The number of carbonyl (C=O) groups is 1. The highest BCUT2D eigenvalue weighted by Crippen LogP contribution is 2.23. The maximum Gasteiger partial charge on any atom is 0.354 e. The smallest absolute Gasteiger partial charge is 0.354 e. The first-order chi connectivity index (χ1) is 7.54. The minimum absolute atomic E-state index is 0.138. The van der Waals surface area contributed by atoms with Crippen molar-refractivity contribution in [2.75, 3.05) is 5.73 Å². The molecule has 0 radical (unpaired) electrons. The number of nitrogen functional groups attached to an aromatic ring is 1. The molecule has 0 aliphatic rings. The number of rotatable bonds is 2. The Morgan fingerprint density at radius 3 is 2.81 bits per heavy atom. The van der Waals surface area contributed by atoms with Crippen molar-refractivity contribution in [2.24, 2.45) is 7.05 Å². The van der Waals surface area contributed by atoms with Crippen molar-refractivity contribution in [1.29, 1.82) is 0 Å². The van der Waals surface area contributed by atoms with Crippen LogP contribution in [0.2, 0.25) is 0 Å². The van der Waals surface area contributed by atoms with Crippen LogP contribution in [-0.2, 0) is 13.5 Å². The first kappa shape index (κ1) is 10.4. The predicted molar refractivity (Wildman–Crippen MR) is 59.3 cm³/mol. The average molecular weight is 220 g/mol. The molecular formula is C10H12N4O2. The number of hydrogen-bond acceptors (Lipinski definition) is 4. The van der Waals surface area contributed by atoms with Crippen LogP contribution in [0, 0.1) is 0 Å². The highest BCUT2D eigenvalue weighted by atomic mass is 16.4. The van der Waals surface area contributed by atoms with Gasteiger partial charge in [-0.1, -0.05) is 6.92 Å². The quantitative estimate of drug-likeness (QED) is 0.781. The number of fused-ring (bicyclic) bond motifs is 1. The van der Waals surface area contributed by atoms with Crippen molar-refractivity contribution in [3.8, 4) is 0 Å². The van der Waals surface area contributed by atoms with Gasteiger partial charge in [0.2, 0.25) is 0 Å². The second kappa shape index (κ2) is 3.48. The number of hydrogen-bond donors (Lipinski definition) is 2. The highest BCUT2D eigenvalue weighted by Gasteiger charge is 2.18. The van der Waals surface area contributed by atoms with Gasteiger partial charge in [-0.3, -0.25) is 0 Å². The van der Waals surface area contributed by atoms with Crippen LogP contribution < -0.4 is 5.73 Å². The molecule has 84 valence electrons. The molecule has 0 aromatic carbocycles. The highest BCUT2D eigenvalue weighted by molar-refractivity contribution is 6.03. The molecular weight excluding hydrogens is 208 g/mol. The first-order valence-corrected chi connectivity index (χ1v) is 4.89. The van der Waals surface area contributed by atoms with Gasteiger partial charge in [0, 0.05) is 19.7 Å². The zero-order valence-corrected chi connectivity index (χ0v) is 9.06. The third-order valence-electron chi connectivity index (χ3n) is 2.44. The number of aromatic nitrogens is 3. The van der Waals surface area contributed by atoms with Gasteiger partial charge in [-0.25, -0.2) is 14.8 Å². The zero-order chi connectivity index (χ0) is 11.9. The van der Waals surface area contributed by atoms with Crippen molar-refractivity contribution < 1.29 is 9.90 Å². The fourth-order valence-electron chi connectivity index (χ4n) is 1.68. The van der Waals surface area contributed by atoms with Crippen LogP contribution in [-0.4, -0.2) is 25.6 Å². The van der Waals surface area contributed by atoms with E-state index in [0.29, 0.717) is 29.0 Å². The number of aromatic carboxylic acids is 1. The van der Waals surface area contributed by atoms with Gasteiger partial charge in [-0.2, -0.15) is 0 Å². The summed E-state index contributed by atoms with van der Waals surface area (Å²) in [5, 5.41) is 9.67. The standard InChI is InChI=1S/C10H12N4O2/c1-3-6-12-7-5(9(11)13-6)4-14(2)8(7)10(15)16/h4H,3H2,1-2H3,(H,15,16)(H2,11,12,13). The number of aryl methyl sites for hydroxylation is 2. The topological polar surface area (TPSA) is 94.0 Å². The van der Waals surface area contributed by atoms with Crippen LogP contribution in [0.3, 0.4) is 0 Å². The van der Waals surface area contributed by atoms with E-state index in [9.17, 15) is 4.79 Å². The van der Waals surface area contributed by atoms with Crippen LogP contribution in [0.15, 0.2) is 6.20 Å². The van der Waals surface area contributed by atoms with Gasteiger partial charge < -0.3 is 15.4 Å². The van der Waals surface area contributed by atoms with Crippen LogP contribution >= 0.6 is 0 Å². The van der Waals surface area contributed by atoms with E-state index in [4.69, 9.17) is 10.8 Å². The van der Waals surface area contributed by atoms with E-state index in [0.717, 1.165) is 0 Å². The Labute approximate surface area is 91.7 Å². The molecule has 2 heterocycles. The molecule has 0 amide bonds. The second-order valence-corrected chi connectivity index (χ2v) is 3.53. The molecule has 2 aromatic rings. The molecule has 2 rings (SSSR count). The normalized spacial score (nSPS) is 10.9. The molecule has 0 atom stereocenters. The van der Waals surface area contributed by atoms with E-state index in [1.165, 1.54) is 4.57 Å². The molecule has 0 bridgehead atoms. The lowest BCUT2D eigenvalue weighted by Gasteiger charge is -2.00. The Morgan fingerprint density at radius 1 is 1.56 bits per heavy atom. The molecule has 0 saturated carbocycles. The van der Waals surface area contributed by atoms with Gasteiger partial charge in [0.15, 0.2) is 5.69 Å². The Bertz CT molecular complexity index is 574. The molecule has 6 nitrogen and oxygen atoms in total. The number of nitrogens with zero attached hydrogens (tertiary/aromatic N) is 3. The van der Waals surface area contributed by atoms with Crippen molar-refractivity contribution in [1.82, 2.24) is 14.5 Å². The summed E-state index contributed by atoms with van der Waals surface area (Å²) < 4.78 is 1.50. The van der Waals surface area contributed by atoms with E-state index >= 15 is 0 Å². The summed E-state index contributed by atoms with van der Waals surface area (Å²) in [5.74, 6) is -0.138. The van der Waals surface area contributed by atoms with E-state index in [-0.39, 0.29) is 5.69 Å². The zero-order valence-electron chi connectivity index (χ0n) is 9.06. The van der Waals surface area contributed by atoms with Crippen LogP contribution in [0.4, 0.5) is 5.82 Å². The summed E-state index contributed by atoms with van der Waals surface area (Å²) in [4.78, 5) is 19.4. The van der Waals surface area contributed by atoms with E-state index < -0.39 is 5.97 Å². The van der Waals surface area contributed by atoms with Gasteiger partial charge in [-0.15, -0.1) is 0 Å². The van der Waals surface area contributed by atoms with Crippen molar-refractivity contribution in [2.45, 2.75) is 13.3 Å². The molecule has 0 saturated heterocycles. The summed E-state index contributed by atoms with van der Waals surface area (Å²) in [6, 6.07) is 0. The van der Waals surface area contributed by atoms with Gasteiger partial charge in [0.25, 0.3) is 0 Å². The Hall–Kier alpha value is -2.11. The Balaban J connectivity index is 2.86. The first-order valence-electron chi connectivity index (χ1n) is 4.89. The Morgan fingerprint density at radius 2 is 2.25 bits per heavy atom. The monoisotopic (exact) mass is 220 g/mol. The number of carboxylic acids is 1. The van der Waals surface area contributed by atoms with Gasteiger partial charge >= 0.3 is 5.97 Å². The number of nitrogens with two attached hydrogens (primary N) is 1. The minimum Gasteiger partial charge on any atom is -0.477 e. The summed E-state index contributed by atoms with van der Waals surface area (Å²) in [5.41, 5.74) is 6.30. The van der Waals surface area contributed by atoms with E-state index in [2.05, 4.69) is 9.97 Å². The van der Waals surface area contributed by atoms with E-state index in [1.54, 1.807) is 13.2 Å². The number of anilines is 1. The van der Waals surface area contributed by atoms with E-state index in [1.807, 2.05) is 6.92 Å². The van der Waals surface area contributed by atoms with Gasteiger partial charge in [0.05, 0.1) is 5.39 Å². The van der Waals surface area contributed by atoms with Crippen LogP contribution in [0.5, 0.6) is 0 Å². The summed E-state index contributed by atoms with van der Waals surface area (Å²) >= 11 is 0. The number of carboxylic acid groups (broad SMARTS) is 1. The molecule has 0 aliphatic carbocycles. The van der Waals surface area contributed by atoms with Crippen molar-refractivity contribution in [3.63, 3.8) is 0 Å². The molecule has 16 heavy (non-hydrogen) atoms. The average Bonchev–Trinajstić information content (AvgIpc) is 2.54. The third kappa shape index (κ3) is 1.39. The van der Waals surface area contributed by atoms with Gasteiger partial charge in [-0.05, 0) is 0 Å². The van der Waals surface area contributed by atoms with Crippen molar-refractivity contribution in [3.05, 3.63) is 17.7 Å². The summed E-state index contributed by atoms with van der Waals surface area (Å²) in [6.07, 6.45) is 2.25.